The molecule has 0 N–H and O–H groups in total. The highest BCUT2D eigenvalue weighted by atomic mass is 35.5. The van der Waals surface area contributed by atoms with Gasteiger partial charge in [-0.3, -0.25) is 9.36 Å². The van der Waals surface area contributed by atoms with E-state index >= 15 is 0 Å². The third-order valence-corrected chi connectivity index (χ3v) is 3.25. The van der Waals surface area contributed by atoms with E-state index < -0.39 is 6.04 Å². The van der Waals surface area contributed by atoms with Crippen LogP contribution in [0.25, 0.3) is 11.2 Å². The van der Waals surface area contributed by atoms with E-state index in [2.05, 4.69) is 15.0 Å². The first-order valence-electron chi connectivity index (χ1n) is 6.04. The second-order valence-electron chi connectivity index (χ2n) is 4.50. The fourth-order valence-electron chi connectivity index (χ4n) is 2.07. The van der Waals surface area contributed by atoms with Gasteiger partial charge >= 0.3 is 0 Å². The number of likely N-dealkylation sites (N-methyl/N-ethyl adjacent to an activating group) is 1. The van der Waals surface area contributed by atoms with Crippen LogP contribution in [0.2, 0.25) is 0 Å². The Morgan fingerprint density at radius 2 is 2.20 bits per heavy atom. The number of alkyl halides is 1. The second-order valence-corrected chi connectivity index (χ2v) is 4.76. The van der Waals surface area contributed by atoms with Crippen LogP contribution in [0, 0.1) is 0 Å². The van der Waals surface area contributed by atoms with Gasteiger partial charge in [0.25, 0.3) is 0 Å². The van der Waals surface area contributed by atoms with Crippen LogP contribution in [0.15, 0.2) is 6.33 Å². The molecule has 0 aliphatic carbocycles. The lowest BCUT2D eigenvalue weighted by atomic mass is 10.3. The zero-order chi connectivity index (χ0) is 14.9. The van der Waals surface area contributed by atoms with Gasteiger partial charge < -0.3 is 9.64 Å². The van der Waals surface area contributed by atoms with Crippen LogP contribution in [-0.4, -0.2) is 51.5 Å². The van der Waals surface area contributed by atoms with E-state index in [1.807, 2.05) is 0 Å². The normalized spacial score (nSPS) is 12.4. The van der Waals surface area contributed by atoms with Gasteiger partial charge in [0.1, 0.15) is 18.2 Å². The molecule has 0 aliphatic rings. The number of carbonyl (C=O) groups is 1. The molecule has 0 radical (unpaired) electrons. The first-order chi connectivity index (χ1) is 9.51. The molecule has 1 unspecified atom stereocenters. The Balaban J connectivity index is 2.65. The Hall–Kier alpha value is -1.89. The van der Waals surface area contributed by atoms with E-state index in [4.69, 9.17) is 16.3 Å². The maximum absolute atomic E-state index is 12.2. The molecule has 2 heterocycles. The van der Waals surface area contributed by atoms with E-state index in [0.29, 0.717) is 22.9 Å². The summed E-state index contributed by atoms with van der Waals surface area (Å²) in [4.78, 5) is 26.3. The number of halogens is 1. The number of aromatic nitrogens is 4. The summed E-state index contributed by atoms with van der Waals surface area (Å²) >= 11 is 5.93. The van der Waals surface area contributed by atoms with Crippen LogP contribution in [0.4, 0.5) is 0 Å². The van der Waals surface area contributed by atoms with Crippen molar-refractivity contribution in [2.75, 3.05) is 21.2 Å². The van der Waals surface area contributed by atoms with E-state index in [-0.39, 0.29) is 11.8 Å². The smallest absolute Gasteiger partial charge is 0.245 e. The minimum atomic E-state index is -0.455. The number of carbonyl (C=O) groups excluding carboxylic acids is 1. The topological polar surface area (TPSA) is 73.1 Å². The fourth-order valence-corrected chi connectivity index (χ4v) is 2.26. The lowest BCUT2D eigenvalue weighted by molar-refractivity contribution is -0.131. The van der Waals surface area contributed by atoms with Crippen molar-refractivity contribution in [3.05, 3.63) is 12.2 Å². The molecular formula is C12H16ClN5O2. The molecule has 108 valence electrons. The molecule has 1 atom stereocenters. The summed E-state index contributed by atoms with van der Waals surface area (Å²) in [6.45, 7) is 1.79. The lowest BCUT2D eigenvalue weighted by Crippen LogP contribution is -2.30. The van der Waals surface area contributed by atoms with Gasteiger partial charge in [0.15, 0.2) is 11.2 Å². The van der Waals surface area contributed by atoms with Gasteiger partial charge in [-0.05, 0) is 6.92 Å². The third kappa shape index (κ3) is 2.29. The first kappa shape index (κ1) is 14.5. The number of ether oxygens (including phenoxy) is 1. The van der Waals surface area contributed by atoms with Gasteiger partial charge in [-0.2, -0.15) is 4.98 Å². The van der Waals surface area contributed by atoms with Crippen LogP contribution >= 0.6 is 11.6 Å². The highest BCUT2D eigenvalue weighted by molar-refractivity contribution is 6.16. The molecule has 1 amide bonds. The van der Waals surface area contributed by atoms with Crippen molar-refractivity contribution in [3.63, 3.8) is 0 Å². The average molecular weight is 298 g/mol. The molecule has 2 aromatic rings. The highest BCUT2D eigenvalue weighted by Gasteiger charge is 2.24. The van der Waals surface area contributed by atoms with Crippen molar-refractivity contribution in [2.24, 2.45) is 0 Å². The van der Waals surface area contributed by atoms with Gasteiger partial charge in [0.05, 0.1) is 13.0 Å². The SMILES string of the molecule is COc1ncnc2c1nc(CCl)n2C(C)C(=O)N(C)C. The molecule has 2 aromatic heterocycles. The molecule has 0 fully saturated rings. The van der Waals surface area contributed by atoms with E-state index in [1.54, 1.807) is 25.6 Å². The van der Waals surface area contributed by atoms with Crippen molar-refractivity contribution >= 4 is 28.7 Å². The Morgan fingerprint density at radius 1 is 1.50 bits per heavy atom. The molecule has 7 nitrogen and oxygen atoms in total. The van der Waals surface area contributed by atoms with Crippen LogP contribution in [0.5, 0.6) is 5.88 Å². The van der Waals surface area contributed by atoms with Gasteiger partial charge in [0.2, 0.25) is 11.8 Å². The lowest BCUT2D eigenvalue weighted by Gasteiger charge is -2.19. The van der Waals surface area contributed by atoms with Gasteiger partial charge in [-0.15, -0.1) is 11.6 Å². The van der Waals surface area contributed by atoms with Gasteiger partial charge in [-0.25, -0.2) is 9.97 Å². The number of rotatable bonds is 4. The van der Waals surface area contributed by atoms with Crippen molar-refractivity contribution in [1.29, 1.82) is 0 Å². The Morgan fingerprint density at radius 3 is 2.75 bits per heavy atom. The van der Waals surface area contributed by atoms with Crippen molar-refractivity contribution in [3.8, 4) is 5.88 Å². The van der Waals surface area contributed by atoms with Crippen molar-refractivity contribution in [1.82, 2.24) is 24.4 Å². The predicted molar refractivity (Wildman–Crippen MR) is 74.8 cm³/mol. The summed E-state index contributed by atoms with van der Waals surface area (Å²) in [5.41, 5.74) is 1.04. The quantitative estimate of drug-likeness (QED) is 0.794. The van der Waals surface area contributed by atoms with E-state index in [1.165, 1.54) is 18.3 Å². The largest absolute Gasteiger partial charge is 0.479 e. The number of amides is 1. The minimum absolute atomic E-state index is 0.0618. The zero-order valence-electron chi connectivity index (χ0n) is 11.8. The number of fused-ring (bicyclic) bond motifs is 1. The van der Waals surface area contributed by atoms with Crippen LogP contribution in [0.3, 0.4) is 0 Å². The average Bonchev–Trinajstić information content (AvgIpc) is 2.83. The minimum Gasteiger partial charge on any atom is -0.479 e. The fraction of sp³-hybridized carbons (Fsp3) is 0.500. The third-order valence-electron chi connectivity index (χ3n) is 3.01. The Labute approximate surface area is 121 Å². The summed E-state index contributed by atoms with van der Waals surface area (Å²) in [7, 11) is 4.91. The number of hydrogen-bond donors (Lipinski definition) is 0. The molecule has 2 rings (SSSR count). The molecule has 0 spiro atoms. The monoisotopic (exact) mass is 297 g/mol. The van der Waals surface area contributed by atoms with Gasteiger partial charge in [-0.1, -0.05) is 0 Å². The van der Waals surface area contributed by atoms with Crippen molar-refractivity contribution in [2.45, 2.75) is 18.8 Å². The molecule has 0 saturated heterocycles. The number of nitrogens with zero attached hydrogens (tertiary/aromatic N) is 5. The summed E-state index contributed by atoms with van der Waals surface area (Å²) in [6, 6.07) is -0.455. The van der Waals surface area contributed by atoms with E-state index in [0.717, 1.165) is 0 Å². The molecule has 0 aliphatic heterocycles. The standard InChI is InChI=1S/C12H16ClN5O2/c1-7(12(19)17(2)3)18-8(5-13)16-9-10(18)14-6-15-11(9)20-4/h6-7H,5H2,1-4H3. The summed E-state index contributed by atoms with van der Waals surface area (Å²) in [6.07, 6.45) is 1.38. The van der Waals surface area contributed by atoms with E-state index in [9.17, 15) is 4.79 Å². The van der Waals surface area contributed by atoms with Crippen molar-refractivity contribution < 1.29 is 9.53 Å². The highest BCUT2D eigenvalue weighted by Crippen LogP contribution is 2.26. The molecule has 0 aromatic carbocycles. The summed E-state index contributed by atoms with van der Waals surface area (Å²) in [5.74, 6) is 1.03. The number of methoxy groups -OCH3 is 1. The second kappa shape index (κ2) is 5.62. The molecular weight excluding hydrogens is 282 g/mol. The maximum Gasteiger partial charge on any atom is 0.245 e. The number of hydrogen-bond acceptors (Lipinski definition) is 5. The molecule has 0 saturated carbocycles. The van der Waals surface area contributed by atoms with Crippen LogP contribution < -0.4 is 4.74 Å². The Bertz CT molecular complexity index is 640. The summed E-state index contributed by atoms with van der Waals surface area (Å²) < 4.78 is 6.88. The molecule has 8 heteroatoms. The van der Waals surface area contributed by atoms with Gasteiger partial charge in [0, 0.05) is 14.1 Å². The van der Waals surface area contributed by atoms with Crippen LogP contribution in [-0.2, 0) is 10.7 Å². The first-order valence-corrected chi connectivity index (χ1v) is 6.57. The summed E-state index contributed by atoms with van der Waals surface area (Å²) in [5, 5.41) is 0. The Kier molecular flexibility index (Phi) is 4.08. The molecule has 20 heavy (non-hydrogen) atoms. The predicted octanol–water partition coefficient (Wildman–Crippen LogP) is 1.22. The zero-order valence-corrected chi connectivity index (χ0v) is 12.5. The number of imidazole rings is 1. The maximum atomic E-state index is 12.2. The van der Waals surface area contributed by atoms with Crippen LogP contribution in [0.1, 0.15) is 18.8 Å². The molecule has 0 bridgehead atoms.